The predicted octanol–water partition coefficient (Wildman–Crippen LogP) is 2.64. The fraction of sp³-hybridized carbons (Fsp3) is 0.500. The highest BCUT2D eigenvalue weighted by Crippen LogP contribution is 2.21. The number of benzene rings is 1. The molecule has 0 unspecified atom stereocenters. The first kappa shape index (κ1) is 11.0. The second kappa shape index (κ2) is 4.99. The van der Waals surface area contributed by atoms with E-state index in [1.165, 1.54) is 18.5 Å². The van der Waals surface area contributed by atoms with Crippen molar-refractivity contribution in [2.75, 3.05) is 25.0 Å². The van der Waals surface area contributed by atoms with Gasteiger partial charge in [-0.3, -0.25) is 0 Å². The van der Waals surface area contributed by atoms with Crippen LogP contribution in [0.25, 0.3) is 0 Å². The van der Waals surface area contributed by atoms with Crippen LogP contribution in [-0.2, 0) is 0 Å². The van der Waals surface area contributed by atoms with Gasteiger partial charge in [-0.15, -0.1) is 0 Å². The van der Waals surface area contributed by atoms with Crippen LogP contribution in [0.3, 0.4) is 0 Å². The van der Waals surface area contributed by atoms with Crippen LogP contribution in [0.2, 0.25) is 0 Å². The Morgan fingerprint density at radius 2 is 1.80 bits per heavy atom. The molecule has 2 nitrogen and oxygen atoms in total. The van der Waals surface area contributed by atoms with Gasteiger partial charge < -0.3 is 10.2 Å². The van der Waals surface area contributed by atoms with Crippen LogP contribution in [0.15, 0.2) is 28.7 Å². The van der Waals surface area contributed by atoms with Crippen LogP contribution in [0.4, 0.5) is 5.69 Å². The molecule has 15 heavy (non-hydrogen) atoms. The fourth-order valence-corrected chi connectivity index (χ4v) is 2.34. The smallest absolute Gasteiger partial charge is 0.0366 e. The van der Waals surface area contributed by atoms with E-state index in [1.54, 1.807) is 0 Å². The predicted molar refractivity (Wildman–Crippen MR) is 68.4 cm³/mol. The highest BCUT2D eigenvalue weighted by atomic mass is 79.9. The molecule has 0 spiro atoms. The Morgan fingerprint density at radius 3 is 2.33 bits per heavy atom. The summed E-state index contributed by atoms with van der Waals surface area (Å²) < 4.78 is 1.15. The average molecular weight is 269 g/mol. The van der Waals surface area contributed by atoms with Crippen molar-refractivity contribution in [1.29, 1.82) is 0 Å². The standard InChI is InChI=1S/C12H17BrN2/c1-14-11-6-8-15(9-7-11)12-4-2-10(13)3-5-12/h2-5,11,14H,6-9H2,1H3. The summed E-state index contributed by atoms with van der Waals surface area (Å²) >= 11 is 3.46. The molecule has 1 aromatic carbocycles. The quantitative estimate of drug-likeness (QED) is 0.888. The largest absolute Gasteiger partial charge is 0.371 e. The van der Waals surface area contributed by atoms with E-state index in [4.69, 9.17) is 0 Å². The lowest BCUT2D eigenvalue weighted by molar-refractivity contribution is 0.442. The third kappa shape index (κ3) is 2.73. The number of nitrogens with zero attached hydrogens (tertiary/aromatic N) is 1. The molecule has 1 aliphatic rings. The first-order valence-electron chi connectivity index (χ1n) is 5.47. The zero-order chi connectivity index (χ0) is 10.7. The van der Waals surface area contributed by atoms with E-state index in [-0.39, 0.29) is 0 Å². The van der Waals surface area contributed by atoms with Gasteiger partial charge in [0.1, 0.15) is 0 Å². The van der Waals surface area contributed by atoms with Gasteiger partial charge in [0.25, 0.3) is 0 Å². The number of hydrogen-bond donors (Lipinski definition) is 1. The van der Waals surface area contributed by atoms with Gasteiger partial charge in [0.15, 0.2) is 0 Å². The normalized spacial score (nSPS) is 18.1. The Labute approximate surface area is 99.8 Å². The van der Waals surface area contributed by atoms with E-state index in [0.717, 1.165) is 17.6 Å². The molecule has 0 saturated carbocycles. The van der Waals surface area contributed by atoms with Crippen LogP contribution in [0, 0.1) is 0 Å². The Hall–Kier alpha value is -0.540. The molecule has 0 aromatic heterocycles. The summed E-state index contributed by atoms with van der Waals surface area (Å²) in [4.78, 5) is 2.46. The van der Waals surface area contributed by atoms with E-state index >= 15 is 0 Å². The third-order valence-electron chi connectivity index (χ3n) is 3.09. The molecule has 1 fully saturated rings. The van der Waals surface area contributed by atoms with E-state index in [0.29, 0.717) is 6.04 Å². The third-order valence-corrected chi connectivity index (χ3v) is 3.62. The van der Waals surface area contributed by atoms with Crippen molar-refractivity contribution in [1.82, 2.24) is 5.32 Å². The Morgan fingerprint density at radius 1 is 1.20 bits per heavy atom. The maximum absolute atomic E-state index is 3.46. The van der Waals surface area contributed by atoms with E-state index in [2.05, 4.69) is 57.5 Å². The molecule has 2 rings (SSSR count). The summed E-state index contributed by atoms with van der Waals surface area (Å²) in [6.07, 6.45) is 2.49. The number of rotatable bonds is 2. The molecule has 0 atom stereocenters. The van der Waals surface area contributed by atoms with Crippen LogP contribution >= 0.6 is 15.9 Å². The molecule has 1 heterocycles. The molecular formula is C12H17BrN2. The molecule has 0 amide bonds. The highest BCUT2D eigenvalue weighted by molar-refractivity contribution is 9.10. The first-order chi connectivity index (χ1) is 7.29. The molecule has 3 heteroatoms. The van der Waals surface area contributed by atoms with E-state index < -0.39 is 0 Å². The zero-order valence-corrected chi connectivity index (χ0v) is 10.6. The molecule has 1 aromatic rings. The van der Waals surface area contributed by atoms with Crippen molar-refractivity contribution in [3.63, 3.8) is 0 Å². The van der Waals surface area contributed by atoms with E-state index in [1.807, 2.05) is 0 Å². The summed E-state index contributed by atoms with van der Waals surface area (Å²) in [6, 6.07) is 9.30. The van der Waals surface area contributed by atoms with Crippen molar-refractivity contribution in [2.24, 2.45) is 0 Å². The maximum Gasteiger partial charge on any atom is 0.0366 e. The van der Waals surface area contributed by atoms with Crippen LogP contribution in [0.5, 0.6) is 0 Å². The lowest BCUT2D eigenvalue weighted by atomic mass is 10.0. The second-order valence-corrected chi connectivity index (χ2v) is 4.94. The summed E-state index contributed by atoms with van der Waals surface area (Å²) in [7, 11) is 2.06. The van der Waals surface area contributed by atoms with Gasteiger partial charge in [-0.05, 0) is 44.2 Å². The lowest BCUT2D eigenvalue weighted by Crippen LogP contribution is -2.41. The van der Waals surface area contributed by atoms with Gasteiger partial charge >= 0.3 is 0 Å². The van der Waals surface area contributed by atoms with Gasteiger partial charge in [0.05, 0.1) is 0 Å². The summed E-state index contributed by atoms with van der Waals surface area (Å²) in [6.45, 7) is 2.32. The van der Waals surface area contributed by atoms with Crippen molar-refractivity contribution in [3.05, 3.63) is 28.7 Å². The van der Waals surface area contributed by atoms with Crippen LogP contribution in [-0.4, -0.2) is 26.2 Å². The molecule has 1 N–H and O–H groups in total. The topological polar surface area (TPSA) is 15.3 Å². The lowest BCUT2D eigenvalue weighted by Gasteiger charge is -2.33. The van der Waals surface area contributed by atoms with Crippen molar-refractivity contribution < 1.29 is 0 Å². The molecule has 0 radical (unpaired) electrons. The molecule has 0 aliphatic carbocycles. The number of hydrogen-bond acceptors (Lipinski definition) is 2. The van der Waals surface area contributed by atoms with Crippen LogP contribution < -0.4 is 10.2 Å². The van der Waals surface area contributed by atoms with Gasteiger partial charge in [-0.1, -0.05) is 15.9 Å². The molecule has 82 valence electrons. The zero-order valence-electron chi connectivity index (χ0n) is 9.04. The highest BCUT2D eigenvalue weighted by Gasteiger charge is 2.17. The molecule has 1 aliphatic heterocycles. The van der Waals surface area contributed by atoms with Gasteiger partial charge in [0.2, 0.25) is 0 Å². The van der Waals surface area contributed by atoms with Crippen molar-refractivity contribution in [2.45, 2.75) is 18.9 Å². The number of piperidine rings is 1. The average Bonchev–Trinajstić information content (AvgIpc) is 2.30. The molecule has 1 saturated heterocycles. The Balaban J connectivity index is 1.98. The molecular weight excluding hydrogens is 252 g/mol. The summed E-state index contributed by atoms with van der Waals surface area (Å²) in [5, 5.41) is 3.35. The Bertz CT molecular complexity index is 302. The number of halogens is 1. The number of nitrogens with one attached hydrogen (secondary N) is 1. The minimum atomic E-state index is 0.705. The first-order valence-corrected chi connectivity index (χ1v) is 6.26. The number of anilines is 1. The van der Waals surface area contributed by atoms with Crippen LogP contribution in [0.1, 0.15) is 12.8 Å². The van der Waals surface area contributed by atoms with Gasteiger partial charge in [-0.2, -0.15) is 0 Å². The summed E-state index contributed by atoms with van der Waals surface area (Å²) in [5.41, 5.74) is 1.34. The SMILES string of the molecule is CNC1CCN(c2ccc(Br)cc2)CC1. The van der Waals surface area contributed by atoms with Gasteiger partial charge in [-0.25, -0.2) is 0 Å². The van der Waals surface area contributed by atoms with Gasteiger partial charge in [0, 0.05) is 29.3 Å². The minimum Gasteiger partial charge on any atom is -0.371 e. The fourth-order valence-electron chi connectivity index (χ4n) is 2.08. The minimum absolute atomic E-state index is 0.705. The summed E-state index contributed by atoms with van der Waals surface area (Å²) in [5.74, 6) is 0. The van der Waals surface area contributed by atoms with E-state index in [9.17, 15) is 0 Å². The Kier molecular flexibility index (Phi) is 3.65. The van der Waals surface area contributed by atoms with Crippen molar-refractivity contribution >= 4 is 21.6 Å². The second-order valence-electron chi connectivity index (χ2n) is 4.03. The molecule has 0 bridgehead atoms. The van der Waals surface area contributed by atoms with Crippen molar-refractivity contribution in [3.8, 4) is 0 Å². The monoisotopic (exact) mass is 268 g/mol. The maximum atomic E-state index is 3.46.